The number of nitrogens with one attached hydrogen (secondary N) is 1. The standard InChI is InChI=1S/C17H21N3O2/c1-11-16(12(2)20(3)19-11)17(21)18-9-15-8-13-6-4-5-7-14(13)10-22-15/h4-7,15H,8-10H2,1-3H3,(H,18,21). The molecule has 0 radical (unpaired) electrons. The molecule has 0 saturated heterocycles. The van der Waals surface area contributed by atoms with Crippen LogP contribution in [0.2, 0.25) is 0 Å². The molecule has 1 N–H and O–H groups in total. The minimum absolute atomic E-state index is 0.0242. The number of fused-ring (bicyclic) bond motifs is 1. The maximum Gasteiger partial charge on any atom is 0.255 e. The van der Waals surface area contributed by atoms with E-state index >= 15 is 0 Å². The molecule has 1 amide bonds. The normalized spacial score (nSPS) is 17.1. The lowest BCUT2D eigenvalue weighted by Gasteiger charge is -2.25. The van der Waals surface area contributed by atoms with Gasteiger partial charge in [-0.2, -0.15) is 5.10 Å². The highest BCUT2D eigenvalue weighted by molar-refractivity contribution is 5.96. The van der Waals surface area contributed by atoms with Gasteiger partial charge in [-0.3, -0.25) is 9.48 Å². The molecule has 3 rings (SSSR count). The van der Waals surface area contributed by atoms with Crippen molar-refractivity contribution < 1.29 is 9.53 Å². The lowest BCUT2D eigenvalue weighted by Crippen LogP contribution is -2.37. The Bertz CT molecular complexity index is 706. The van der Waals surface area contributed by atoms with Gasteiger partial charge in [0.1, 0.15) is 0 Å². The predicted molar refractivity (Wildman–Crippen MR) is 83.7 cm³/mol. The maximum atomic E-state index is 12.4. The Labute approximate surface area is 130 Å². The summed E-state index contributed by atoms with van der Waals surface area (Å²) >= 11 is 0. The second kappa shape index (κ2) is 5.93. The summed E-state index contributed by atoms with van der Waals surface area (Å²) < 4.78 is 7.55. The van der Waals surface area contributed by atoms with Gasteiger partial charge in [0.05, 0.1) is 24.0 Å². The first-order chi connectivity index (χ1) is 10.6. The molecule has 0 spiro atoms. The number of carbonyl (C=O) groups excluding carboxylic acids is 1. The first kappa shape index (κ1) is 14.8. The van der Waals surface area contributed by atoms with Gasteiger partial charge in [0.2, 0.25) is 0 Å². The topological polar surface area (TPSA) is 56.2 Å². The molecule has 1 unspecified atom stereocenters. The quantitative estimate of drug-likeness (QED) is 0.942. The van der Waals surface area contributed by atoms with Crippen molar-refractivity contribution in [1.29, 1.82) is 0 Å². The lowest BCUT2D eigenvalue weighted by atomic mass is 9.99. The van der Waals surface area contributed by atoms with E-state index in [1.54, 1.807) is 4.68 Å². The summed E-state index contributed by atoms with van der Waals surface area (Å²) in [5.74, 6) is -0.0782. The Balaban J connectivity index is 1.63. The summed E-state index contributed by atoms with van der Waals surface area (Å²) in [7, 11) is 1.85. The van der Waals surface area contributed by atoms with Gasteiger partial charge >= 0.3 is 0 Å². The monoisotopic (exact) mass is 299 g/mol. The minimum Gasteiger partial charge on any atom is -0.371 e. The number of nitrogens with zero attached hydrogens (tertiary/aromatic N) is 2. The number of amides is 1. The van der Waals surface area contributed by atoms with Crippen LogP contribution in [0.5, 0.6) is 0 Å². The number of hydrogen-bond acceptors (Lipinski definition) is 3. The molecular weight excluding hydrogens is 278 g/mol. The van der Waals surface area contributed by atoms with E-state index in [2.05, 4.69) is 22.5 Å². The molecule has 1 aliphatic rings. The number of ether oxygens (including phenoxy) is 1. The molecule has 0 fully saturated rings. The maximum absolute atomic E-state index is 12.4. The lowest BCUT2D eigenvalue weighted by molar-refractivity contribution is 0.0285. The zero-order valence-electron chi connectivity index (χ0n) is 13.2. The highest BCUT2D eigenvalue weighted by Crippen LogP contribution is 2.20. The Morgan fingerprint density at radius 3 is 2.77 bits per heavy atom. The largest absolute Gasteiger partial charge is 0.371 e. The first-order valence-electron chi connectivity index (χ1n) is 7.53. The third-order valence-corrected chi connectivity index (χ3v) is 4.27. The van der Waals surface area contributed by atoms with Crippen LogP contribution in [0, 0.1) is 13.8 Å². The molecule has 2 heterocycles. The van der Waals surface area contributed by atoms with Crippen LogP contribution in [0.3, 0.4) is 0 Å². The van der Waals surface area contributed by atoms with E-state index in [0.717, 1.165) is 17.8 Å². The molecule has 2 aromatic rings. The van der Waals surface area contributed by atoms with Crippen LogP contribution >= 0.6 is 0 Å². The average Bonchev–Trinajstić information content (AvgIpc) is 2.77. The molecular formula is C17H21N3O2. The second-order valence-corrected chi connectivity index (χ2v) is 5.79. The molecule has 5 nitrogen and oxygen atoms in total. The van der Waals surface area contributed by atoms with E-state index in [1.807, 2.05) is 33.0 Å². The predicted octanol–water partition coefficient (Wildman–Crippen LogP) is 1.91. The molecule has 0 saturated carbocycles. The highest BCUT2D eigenvalue weighted by atomic mass is 16.5. The van der Waals surface area contributed by atoms with Crippen molar-refractivity contribution in [1.82, 2.24) is 15.1 Å². The molecule has 0 bridgehead atoms. The van der Waals surface area contributed by atoms with E-state index < -0.39 is 0 Å². The fraction of sp³-hybridized carbons (Fsp3) is 0.412. The smallest absolute Gasteiger partial charge is 0.255 e. The average molecular weight is 299 g/mol. The Hall–Kier alpha value is -2.14. The van der Waals surface area contributed by atoms with Crippen molar-refractivity contribution in [2.24, 2.45) is 7.05 Å². The van der Waals surface area contributed by atoms with E-state index in [0.29, 0.717) is 18.7 Å². The van der Waals surface area contributed by atoms with Crippen molar-refractivity contribution in [2.45, 2.75) is 33.0 Å². The third kappa shape index (κ3) is 2.76. The van der Waals surface area contributed by atoms with Gasteiger partial charge in [0, 0.05) is 25.7 Å². The van der Waals surface area contributed by atoms with Crippen LogP contribution in [-0.4, -0.2) is 28.3 Å². The Kier molecular flexibility index (Phi) is 3.98. The van der Waals surface area contributed by atoms with E-state index in [1.165, 1.54) is 11.1 Å². The van der Waals surface area contributed by atoms with E-state index in [-0.39, 0.29) is 12.0 Å². The van der Waals surface area contributed by atoms with Crippen LogP contribution in [0.1, 0.15) is 32.9 Å². The van der Waals surface area contributed by atoms with Crippen LogP contribution in [-0.2, 0) is 24.8 Å². The SMILES string of the molecule is Cc1nn(C)c(C)c1C(=O)NCC1Cc2ccccc2CO1. The fourth-order valence-electron chi connectivity index (χ4n) is 2.94. The first-order valence-corrected chi connectivity index (χ1v) is 7.53. The van der Waals surface area contributed by atoms with Crippen molar-refractivity contribution in [2.75, 3.05) is 6.54 Å². The van der Waals surface area contributed by atoms with Crippen molar-refractivity contribution >= 4 is 5.91 Å². The van der Waals surface area contributed by atoms with E-state index in [4.69, 9.17) is 4.74 Å². The summed E-state index contributed by atoms with van der Waals surface area (Å²) in [6.07, 6.45) is 0.859. The van der Waals surface area contributed by atoms with Crippen LogP contribution in [0.15, 0.2) is 24.3 Å². The summed E-state index contributed by atoms with van der Waals surface area (Å²) in [5, 5.41) is 7.26. The molecule has 22 heavy (non-hydrogen) atoms. The van der Waals surface area contributed by atoms with Crippen molar-refractivity contribution in [3.63, 3.8) is 0 Å². The summed E-state index contributed by atoms with van der Waals surface area (Å²) in [5.41, 5.74) is 4.85. The van der Waals surface area contributed by atoms with E-state index in [9.17, 15) is 4.79 Å². The minimum atomic E-state index is -0.0782. The van der Waals surface area contributed by atoms with Crippen molar-refractivity contribution in [3.05, 3.63) is 52.3 Å². The summed E-state index contributed by atoms with van der Waals surface area (Å²) in [6, 6.07) is 8.29. The molecule has 0 aliphatic carbocycles. The fourth-order valence-corrected chi connectivity index (χ4v) is 2.94. The third-order valence-electron chi connectivity index (χ3n) is 4.27. The number of carbonyl (C=O) groups is 1. The van der Waals surface area contributed by atoms with Crippen LogP contribution < -0.4 is 5.32 Å². The molecule has 5 heteroatoms. The van der Waals surface area contributed by atoms with Gasteiger partial charge < -0.3 is 10.1 Å². The number of aromatic nitrogens is 2. The summed E-state index contributed by atoms with van der Waals surface area (Å²) in [4.78, 5) is 12.4. The van der Waals surface area contributed by atoms with Crippen LogP contribution in [0.4, 0.5) is 0 Å². The number of rotatable bonds is 3. The Morgan fingerprint density at radius 2 is 2.09 bits per heavy atom. The van der Waals surface area contributed by atoms with Gasteiger partial charge in [-0.15, -0.1) is 0 Å². The highest BCUT2D eigenvalue weighted by Gasteiger charge is 2.21. The zero-order chi connectivity index (χ0) is 15.7. The number of benzene rings is 1. The Morgan fingerprint density at radius 1 is 1.36 bits per heavy atom. The second-order valence-electron chi connectivity index (χ2n) is 5.79. The molecule has 1 aliphatic heterocycles. The molecule has 1 aromatic heterocycles. The van der Waals surface area contributed by atoms with Gasteiger partial charge in [-0.25, -0.2) is 0 Å². The summed E-state index contributed by atoms with van der Waals surface area (Å²) in [6.45, 7) is 4.89. The number of hydrogen-bond donors (Lipinski definition) is 1. The molecule has 116 valence electrons. The van der Waals surface area contributed by atoms with Gasteiger partial charge in [-0.05, 0) is 25.0 Å². The number of aryl methyl sites for hydroxylation is 2. The van der Waals surface area contributed by atoms with Crippen LogP contribution in [0.25, 0.3) is 0 Å². The van der Waals surface area contributed by atoms with Gasteiger partial charge in [-0.1, -0.05) is 24.3 Å². The van der Waals surface area contributed by atoms with Gasteiger partial charge in [0.15, 0.2) is 0 Å². The molecule has 1 aromatic carbocycles. The van der Waals surface area contributed by atoms with Gasteiger partial charge in [0.25, 0.3) is 5.91 Å². The zero-order valence-corrected chi connectivity index (χ0v) is 13.2. The molecule has 1 atom stereocenters. The van der Waals surface area contributed by atoms with Crippen molar-refractivity contribution in [3.8, 4) is 0 Å².